The molecule has 0 aliphatic heterocycles. The summed E-state index contributed by atoms with van der Waals surface area (Å²) in [6.45, 7) is 2.18. The average Bonchev–Trinajstić information content (AvgIpc) is 3.11. The predicted octanol–water partition coefficient (Wildman–Crippen LogP) is 3.93. The van der Waals surface area contributed by atoms with Crippen molar-refractivity contribution < 1.29 is 9.53 Å². The fourth-order valence-electron chi connectivity index (χ4n) is 2.97. The van der Waals surface area contributed by atoms with Crippen LogP contribution in [0.5, 0.6) is 0 Å². The molecule has 0 atom stereocenters. The van der Waals surface area contributed by atoms with Gasteiger partial charge in [0.05, 0.1) is 18.8 Å². The van der Waals surface area contributed by atoms with Crippen LogP contribution in [0.25, 0.3) is 22.0 Å². The maximum atomic E-state index is 11.8. The minimum Gasteiger partial charge on any atom is -0.461 e. The van der Waals surface area contributed by atoms with Gasteiger partial charge < -0.3 is 9.72 Å². The molecule has 3 aromatic rings. The summed E-state index contributed by atoms with van der Waals surface area (Å²) in [4.78, 5) is 14.9. The lowest BCUT2D eigenvalue weighted by atomic mass is 9.93. The summed E-state index contributed by atoms with van der Waals surface area (Å²) in [5.74, 6) is -0.317. The lowest BCUT2D eigenvalue weighted by Gasteiger charge is -2.25. The second-order valence-electron chi connectivity index (χ2n) is 6.00. The third-order valence-corrected chi connectivity index (χ3v) is 4.50. The van der Waals surface area contributed by atoms with E-state index in [1.165, 1.54) is 19.3 Å². The summed E-state index contributed by atoms with van der Waals surface area (Å²) in [7, 11) is 0. The number of H-pyrrole nitrogens is 1. The van der Waals surface area contributed by atoms with Crippen molar-refractivity contribution in [3.05, 3.63) is 42.4 Å². The highest BCUT2D eigenvalue weighted by Crippen LogP contribution is 2.32. The first-order chi connectivity index (χ1) is 11.2. The third kappa shape index (κ3) is 2.52. The maximum Gasteiger partial charge on any atom is 0.354 e. The van der Waals surface area contributed by atoms with E-state index >= 15 is 0 Å². The highest BCUT2D eigenvalue weighted by molar-refractivity contribution is 5.96. The Morgan fingerprint density at radius 1 is 1.35 bits per heavy atom. The minimum absolute atomic E-state index is 0.317. The molecule has 0 bridgehead atoms. The molecule has 2 heterocycles. The van der Waals surface area contributed by atoms with Gasteiger partial charge in [-0.05, 0) is 49.9 Å². The van der Waals surface area contributed by atoms with Crippen molar-refractivity contribution in [3.63, 3.8) is 0 Å². The molecule has 0 unspecified atom stereocenters. The smallest absolute Gasteiger partial charge is 0.354 e. The molecule has 0 radical (unpaired) electrons. The Morgan fingerprint density at radius 2 is 2.22 bits per heavy atom. The average molecular weight is 309 g/mol. The van der Waals surface area contributed by atoms with Crippen molar-refractivity contribution >= 4 is 16.9 Å². The summed E-state index contributed by atoms with van der Waals surface area (Å²) < 4.78 is 7.11. The second-order valence-corrected chi connectivity index (χ2v) is 6.00. The van der Waals surface area contributed by atoms with E-state index in [2.05, 4.69) is 33.1 Å². The molecule has 4 rings (SSSR count). The maximum absolute atomic E-state index is 11.8. The van der Waals surface area contributed by atoms with Gasteiger partial charge in [-0.3, -0.25) is 4.68 Å². The van der Waals surface area contributed by atoms with E-state index in [0.717, 1.165) is 22.0 Å². The van der Waals surface area contributed by atoms with E-state index in [4.69, 9.17) is 4.74 Å². The van der Waals surface area contributed by atoms with Gasteiger partial charge in [0.2, 0.25) is 0 Å². The van der Waals surface area contributed by atoms with Crippen LogP contribution in [0.15, 0.2) is 36.7 Å². The zero-order chi connectivity index (χ0) is 15.8. The summed E-state index contributed by atoms with van der Waals surface area (Å²) in [6.07, 6.45) is 7.77. The van der Waals surface area contributed by atoms with Crippen LogP contribution >= 0.6 is 0 Å². The molecule has 1 aliphatic rings. The van der Waals surface area contributed by atoms with E-state index in [0.29, 0.717) is 18.3 Å². The highest BCUT2D eigenvalue weighted by atomic mass is 16.5. The summed E-state index contributed by atoms with van der Waals surface area (Å²) in [5, 5.41) is 5.49. The van der Waals surface area contributed by atoms with Gasteiger partial charge in [-0.15, -0.1) is 0 Å². The third-order valence-electron chi connectivity index (χ3n) is 4.50. The Bertz CT molecular complexity index is 858. The highest BCUT2D eigenvalue weighted by Gasteiger charge is 2.20. The number of fused-ring (bicyclic) bond motifs is 1. The number of nitrogens with zero attached hydrogens (tertiary/aromatic N) is 2. The largest absolute Gasteiger partial charge is 0.461 e. The molecule has 2 aromatic heterocycles. The van der Waals surface area contributed by atoms with E-state index in [9.17, 15) is 4.79 Å². The Balaban J connectivity index is 1.65. The number of carbonyl (C=O) groups is 1. The lowest BCUT2D eigenvalue weighted by molar-refractivity contribution is 0.0520. The molecule has 0 amide bonds. The molecule has 23 heavy (non-hydrogen) atoms. The number of hydrogen-bond acceptors (Lipinski definition) is 3. The number of aromatic amines is 1. The number of rotatable bonds is 4. The Hall–Kier alpha value is -2.56. The Labute approximate surface area is 134 Å². The van der Waals surface area contributed by atoms with Crippen LogP contribution in [-0.4, -0.2) is 27.3 Å². The van der Waals surface area contributed by atoms with Crippen molar-refractivity contribution in [3.8, 4) is 11.1 Å². The number of nitrogens with one attached hydrogen (secondary N) is 1. The van der Waals surface area contributed by atoms with Gasteiger partial charge in [0.25, 0.3) is 0 Å². The molecule has 0 saturated heterocycles. The summed E-state index contributed by atoms with van der Waals surface area (Å²) in [6, 6.07) is 8.53. The first-order valence-electron chi connectivity index (χ1n) is 8.09. The topological polar surface area (TPSA) is 59.9 Å². The van der Waals surface area contributed by atoms with Crippen LogP contribution < -0.4 is 0 Å². The SMILES string of the molecule is CCOC(=O)c1cc2cc(-c3cnn(C4CCC4)c3)ccc2[nH]1. The van der Waals surface area contributed by atoms with Crippen molar-refractivity contribution in [2.24, 2.45) is 0 Å². The molecule has 1 aromatic carbocycles. The molecular formula is C18H19N3O2. The van der Waals surface area contributed by atoms with Crippen molar-refractivity contribution in [1.29, 1.82) is 0 Å². The molecule has 0 spiro atoms. The van der Waals surface area contributed by atoms with Crippen LogP contribution in [-0.2, 0) is 4.74 Å². The van der Waals surface area contributed by atoms with Gasteiger partial charge in [-0.1, -0.05) is 6.07 Å². The van der Waals surface area contributed by atoms with Gasteiger partial charge in [0.1, 0.15) is 5.69 Å². The van der Waals surface area contributed by atoms with Crippen LogP contribution in [0.2, 0.25) is 0 Å². The number of aromatic nitrogens is 3. The summed E-state index contributed by atoms with van der Waals surface area (Å²) in [5.41, 5.74) is 3.64. The zero-order valence-electron chi connectivity index (χ0n) is 13.1. The van der Waals surface area contributed by atoms with Gasteiger partial charge in [-0.25, -0.2) is 4.79 Å². The van der Waals surface area contributed by atoms with Crippen LogP contribution in [0.4, 0.5) is 0 Å². The molecule has 118 valence electrons. The molecular weight excluding hydrogens is 290 g/mol. The molecule has 1 aliphatic carbocycles. The van der Waals surface area contributed by atoms with E-state index in [1.807, 2.05) is 18.3 Å². The predicted molar refractivity (Wildman–Crippen MR) is 88.4 cm³/mol. The fourth-order valence-corrected chi connectivity index (χ4v) is 2.97. The minimum atomic E-state index is -0.317. The first kappa shape index (κ1) is 14.1. The fraction of sp³-hybridized carbons (Fsp3) is 0.333. The van der Waals surface area contributed by atoms with Crippen molar-refractivity contribution in [1.82, 2.24) is 14.8 Å². The van der Waals surface area contributed by atoms with E-state index in [1.54, 1.807) is 6.92 Å². The first-order valence-corrected chi connectivity index (χ1v) is 8.09. The lowest BCUT2D eigenvalue weighted by Crippen LogP contribution is -2.16. The quantitative estimate of drug-likeness (QED) is 0.743. The van der Waals surface area contributed by atoms with Gasteiger partial charge in [0, 0.05) is 22.7 Å². The van der Waals surface area contributed by atoms with E-state index in [-0.39, 0.29) is 5.97 Å². The molecule has 5 heteroatoms. The molecule has 5 nitrogen and oxygen atoms in total. The number of benzene rings is 1. The zero-order valence-corrected chi connectivity index (χ0v) is 13.1. The monoisotopic (exact) mass is 309 g/mol. The van der Waals surface area contributed by atoms with Gasteiger partial charge in [-0.2, -0.15) is 5.10 Å². The Morgan fingerprint density at radius 3 is 2.96 bits per heavy atom. The van der Waals surface area contributed by atoms with Gasteiger partial charge >= 0.3 is 5.97 Å². The molecule has 1 fully saturated rings. The van der Waals surface area contributed by atoms with Crippen LogP contribution in [0, 0.1) is 0 Å². The summed E-state index contributed by atoms with van der Waals surface area (Å²) >= 11 is 0. The van der Waals surface area contributed by atoms with E-state index < -0.39 is 0 Å². The van der Waals surface area contributed by atoms with Crippen LogP contribution in [0.3, 0.4) is 0 Å². The van der Waals surface area contributed by atoms with Crippen molar-refractivity contribution in [2.45, 2.75) is 32.2 Å². The molecule has 1 saturated carbocycles. The van der Waals surface area contributed by atoms with Crippen LogP contribution in [0.1, 0.15) is 42.7 Å². The standard InChI is InChI=1S/C18H19N3O2/c1-2-23-18(22)17-9-13-8-12(6-7-16(13)20-17)14-10-19-21(11-14)15-4-3-5-15/h6-11,15,20H,2-5H2,1H3. The normalized spacial score (nSPS) is 14.8. The number of ether oxygens (including phenoxy) is 1. The Kier molecular flexibility index (Phi) is 3.41. The number of carbonyl (C=O) groups excluding carboxylic acids is 1. The van der Waals surface area contributed by atoms with Crippen molar-refractivity contribution in [2.75, 3.05) is 6.61 Å². The number of hydrogen-bond donors (Lipinski definition) is 1. The van der Waals surface area contributed by atoms with Gasteiger partial charge in [0.15, 0.2) is 0 Å². The molecule has 1 N–H and O–H groups in total. The second kappa shape index (κ2) is 5.57. The number of esters is 1.